The van der Waals surface area contributed by atoms with E-state index in [0.29, 0.717) is 5.02 Å². The summed E-state index contributed by atoms with van der Waals surface area (Å²) in [6.07, 6.45) is -0.667. The molecule has 2 rings (SSSR count). The van der Waals surface area contributed by atoms with Crippen molar-refractivity contribution in [1.29, 1.82) is 0 Å². The molecular formula is C13H9Br2ClO. The van der Waals surface area contributed by atoms with Gasteiger partial charge < -0.3 is 5.11 Å². The predicted octanol–water partition coefficient (Wildman–Crippen LogP) is 4.95. The van der Waals surface area contributed by atoms with E-state index in [4.69, 9.17) is 11.6 Å². The highest BCUT2D eigenvalue weighted by Gasteiger charge is 2.13. The average Bonchev–Trinajstić information content (AvgIpc) is 2.32. The van der Waals surface area contributed by atoms with Crippen molar-refractivity contribution < 1.29 is 5.11 Å². The Labute approximate surface area is 122 Å². The van der Waals surface area contributed by atoms with Gasteiger partial charge in [0.25, 0.3) is 0 Å². The van der Waals surface area contributed by atoms with Crippen molar-refractivity contribution in [2.24, 2.45) is 0 Å². The van der Waals surface area contributed by atoms with Gasteiger partial charge in [-0.25, -0.2) is 0 Å². The molecule has 0 fully saturated rings. The summed E-state index contributed by atoms with van der Waals surface area (Å²) in [7, 11) is 0. The van der Waals surface area contributed by atoms with E-state index in [-0.39, 0.29) is 0 Å². The molecule has 1 N–H and O–H groups in total. The van der Waals surface area contributed by atoms with Gasteiger partial charge in [-0.05, 0) is 35.9 Å². The van der Waals surface area contributed by atoms with Crippen molar-refractivity contribution in [3.8, 4) is 0 Å². The monoisotopic (exact) mass is 374 g/mol. The second-order valence-corrected chi connectivity index (χ2v) is 5.83. The lowest BCUT2D eigenvalue weighted by molar-refractivity contribution is 0.219. The standard InChI is InChI=1S/C13H9Br2ClO/c14-9-3-6-12(15)11(7-9)13(17)8-1-4-10(16)5-2-8/h1-7,13,17H. The maximum Gasteiger partial charge on any atom is 0.105 e. The Bertz CT molecular complexity index is 525. The van der Waals surface area contributed by atoms with Crippen LogP contribution in [0.3, 0.4) is 0 Å². The van der Waals surface area contributed by atoms with Gasteiger partial charge in [0, 0.05) is 19.5 Å². The summed E-state index contributed by atoms with van der Waals surface area (Å²) in [4.78, 5) is 0. The lowest BCUT2D eigenvalue weighted by atomic mass is 10.0. The highest BCUT2D eigenvalue weighted by atomic mass is 79.9. The maximum absolute atomic E-state index is 10.3. The molecule has 0 aliphatic heterocycles. The Hall–Kier alpha value is -0.350. The topological polar surface area (TPSA) is 20.2 Å². The van der Waals surface area contributed by atoms with Crippen LogP contribution < -0.4 is 0 Å². The number of aliphatic hydroxyl groups excluding tert-OH is 1. The number of benzene rings is 2. The van der Waals surface area contributed by atoms with Crippen LogP contribution in [0.2, 0.25) is 5.02 Å². The molecule has 4 heteroatoms. The minimum absolute atomic E-state index is 0.661. The SMILES string of the molecule is OC(c1ccc(Cl)cc1)c1cc(Br)ccc1Br. The van der Waals surface area contributed by atoms with E-state index in [1.165, 1.54) is 0 Å². The minimum atomic E-state index is -0.667. The van der Waals surface area contributed by atoms with E-state index in [9.17, 15) is 5.11 Å². The summed E-state index contributed by atoms with van der Waals surface area (Å²) in [6, 6.07) is 12.9. The first kappa shape index (κ1) is 13.1. The Balaban J connectivity index is 2.39. The highest BCUT2D eigenvalue weighted by molar-refractivity contribution is 9.11. The van der Waals surface area contributed by atoms with E-state index >= 15 is 0 Å². The largest absolute Gasteiger partial charge is 0.384 e. The zero-order chi connectivity index (χ0) is 12.4. The second kappa shape index (κ2) is 5.53. The number of aliphatic hydroxyl groups is 1. The summed E-state index contributed by atoms with van der Waals surface area (Å²) >= 11 is 12.7. The molecule has 0 saturated heterocycles. The van der Waals surface area contributed by atoms with Gasteiger partial charge in [0.2, 0.25) is 0 Å². The van der Waals surface area contributed by atoms with Gasteiger partial charge in [-0.2, -0.15) is 0 Å². The van der Waals surface area contributed by atoms with Crippen molar-refractivity contribution in [3.05, 3.63) is 67.6 Å². The van der Waals surface area contributed by atoms with E-state index in [1.54, 1.807) is 12.1 Å². The Morgan fingerprint density at radius 2 is 1.65 bits per heavy atom. The van der Waals surface area contributed by atoms with Gasteiger partial charge in [-0.1, -0.05) is 55.6 Å². The molecule has 0 heterocycles. The van der Waals surface area contributed by atoms with Crippen LogP contribution in [0, 0.1) is 0 Å². The van der Waals surface area contributed by atoms with Crippen molar-refractivity contribution in [1.82, 2.24) is 0 Å². The molecule has 88 valence electrons. The summed E-state index contributed by atoms with van der Waals surface area (Å²) < 4.78 is 1.81. The third-order valence-corrected chi connectivity index (χ3v) is 3.91. The van der Waals surface area contributed by atoms with Gasteiger partial charge in [-0.3, -0.25) is 0 Å². The molecule has 17 heavy (non-hydrogen) atoms. The summed E-state index contributed by atoms with van der Waals surface area (Å²) in [5, 5.41) is 11.0. The number of halogens is 3. The first-order valence-corrected chi connectivity index (χ1v) is 6.93. The summed E-state index contributed by atoms with van der Waals surface area (Å²) in [5.41, 5.74) is 1.63. The van der Waals surface area contributed by atoms with E-state index in [0.717, 1.165) is 20.1 Å². The van der Waals surface area contributed by atoms with Crippen molar-refractivity contribution >= 4 is 43.5 Å². The Morgan fingerprint density at radius 1 is 1.00 bits per heavy atom. The fourth-order valence-electron chi connectivity index (χ4n) is 1.55. The van der Waals surface area contributed by atoms with E-state index in [2.05, 4.69) is 31.9 Å². The van der Waals surface area contributed by atoms with Gasteiger partial charge in [0.1, 0.15) is 6.10 Å². The van der Waals surface area contributed by atoms with Crippen LogP contribution in [0.4, 0.5) is 0 Å². The maximum atomic E-state index is 10.3. The number of hydrogen-bond acceptors (Lipinski definition) is 1. The lowest BCUT2D eigenvalue weighted by Gasteiger charge is -2.13. The lowest BCUT2D eigenvalue weighted by Crippen LogP contribution is -2.00. The summed E-state index contributed by atoms with van der Waals surface area (Å²) in [6.45, 7) is 0. The zero-order valence-electron chi connectivity index (χ0n) is 8.70. The fourth-order valence-corrected chi connectivity index (χ4v) is 2.52. The predicted molar refractivity (Wildman–Crippen MR) is 77.4 cm³/mol. The molecule has 0 amide bonds. The zero-order valence-corrected chi connectivity index (χ0v) is 12.6. The number of hydrogen-bond donors (Lipinski definition) is 1. The van der Waals surface area contributed by atoms with Crippen LogP contribution in [0.1, 0.15) is 17.2 Å². The Kier molecular flexibility index (Phi) is 4.26. The molecule has 2 aromatic rings. The third-order valence-electron chi connectivity index (χ3n) is 2.44. The fraction of sp³-hybridized carbons (Fsp3) is 0.0769. The normalized spacial score (nSPS) is 12.5. The summed E-state index contributed by atoms with van der Waals surface area (Å²) in [5.74, 6) is 0. The first-order chi connectivity index (χ1) is 8.08. The Morgan fingerprint density at radius 3 is 2.29 bits per heavy atom. The quantitative estimate of drug-likeness (QED) is 0.787. The van der Waals surface area contributed by atoms with Crippen LogP contribution in [-0.2, 0) is 0 Å². The first-order valence-electron chi connectivity index (χ1n) is 4.96. The van der Waals surface area contributed by atoms with Crippen LogP contribution in [-0.4, -0.2) is 5.11 Å². The molecule has 0 bridgehead atoms. The molecule has 0 radical (unpaired) electrons. The molecule has 0 saturated carbocycles. The van der Waals surface area contributed by atoms with Crippen molar-refractivity contribution in [2.45, 2.75) is 6.10 Å². The van der Waals surface area contributed by atoms with Gasteiger partial charge in [0.15, 0.2) is 0 Å². The van der Waals surface area contributed by atoms with Gasteiger partial charge in [-0.15, -0.1) is 0 Å². The third kappa shape index (κ3) is 3.10. The number of rotatable bonds is 2. The van der Waals surface area contributed by atoms with E-state index < -0.39 is 6.10 Å². The van der Waals surface area contributed by atoms with Crippen LogP contribution in [0.25, 0.3) is 0 Å². The van der Waals surface area contributed by atoms with Gasteiger partial charge >= 0.3 is 0 Å². The molecule has 0 aliphatic carbocycles. The van der Waals surface area contributed by atoms with Gasteiger partial charge in [0.05, 0.1) is 0 Å². The molecule has 1 atom stereocenters. The molecule has 1 unspecified atom stereocenters. The van der Waals surface area contributed by atoms with Crippen LogP contribution >= 0.6 is 43.5 Å². The minimum Gasteiger partial charge on any atom is -0.384 e. The molecule has 1 nitrogen and oxygen atoms in total. The van der Waals surface area contributed by atoms with Crippen molar-refractivity contribution in [3.63, 3.8) is 0 Å². The van der Waals surface area contributed by atoms with E-state index in [1.807, 2.05) is 30.3 Å². The van der Waals surface area contributed by atoms with Crippen LogP contribution in [0.5, 0.6) is 0 Å². The van der Waals surface area contributed by atoms with Crippen molar-refractivity contribution in [2.75, 3.05) is 0 Å². The molecule has 0 aliphatic rings. The second-order valence-electron chi connectivity index (χ2n) is 3.62. The molecule has 0 spiro atoms. The van der Waals surface area contributed by atoms with Crippen LogP contribution in [0.15, 0.2) is 51.4 Å². The molecule has 2 aromatic carbocycles. The smallest absolute Gasteiger partial charge is 0.105 e. The average molecular weight is 376 g/mol. The molecular weight excluding hydrogens is 367 g/mol. The molecule has 0 aromatic heterocycles. The highest BCUT2D eigenvalue weighted by Crippen LogP contribution is 2.31.